The molecule has 5 nitrogen and oxygen atoms in total. The van der Waals surface area contributed by atoms with Gasteiger partial charge in [-0.05, 0) is 36.4 Å². The summed E-state index contributed by atoms with van der Waals surface area (Å²) in [5, 5.41) is 0.646. The van der Waals surface area contributed by atoms with Crippen LogP contribution in [0.5, 0.6) is 11.5 Å². The zero-order valence-electron chi connectivity index (χ0n) is 13.1. The maximum atomic E-state index is 12.6. The SMILES string of the molecule is C=CCn1c(=NC(=O)c2ccc3c(c2)OCO3)sc2cc(Cl)ccc21. The molecule has 2 aromatic carbocycles. The molecule has 1 aromatic heterocycles. The molecule has 0 saturated heterocycles. The average molecular weight is 373 g/mol. The number of carbonyl (C=O) groups excluding carboxylic acids is 1. The third kappa shape index (κ3) is 2.94. The van der Waals surface area contributed by atoms with E-state index in [1.807, 2.05) is 22.8 Å². The van der Waals surface area contributed by atoms with Crippen LogP contribution in [0.25, 0.3) is 10.2 Å². The van der Waals surface area contributed by atoms with E-state index in [1.165, 1.54) is 11.3 Å². The van der Waals surface area contributed by atoms with Crippen LogP contribution < -0.4 is 14.3 Å². The second kappa shape index (κ2) is 6.38. The molecule has 2 heterocycles. The fourth-order valence-electron chi connectivity index (χ4n) is 2.62. The molecular formula is C18H13ClN2O3S. The van der Waals surface area contributed by atoms with Crippen molar-refractivity contribution in [3.63, 3.8) is 0 Å². The van der Waals surface area contributed by atoms with Gasteiger partial charge in [0.2, 0.25) is 6.79 Å². The van der Waals surface area contributed by atoms with Gasteiger partial charge in [0, 0.05) is 17.1 Å². The van der Waals surface area contributed by atoms with Crippen LogP contribution in [-0.2, 0) is 6.54 Å². The highest BCUT2D eigenvalue weighted by atomic mass is 35.5. The lowest BCUT2D eigenvalue weighted by molar-refractivity contribution is 0.0997. The van der Waals surface area contributed by atoms with Crippen LogP contribution in [0.3, 0.4) is 0 Å². The molecule has 0 aliphatic carbocycles. The first kappa shape index (κ1) is 15.9. The van der Waals surface area contributed by atoms with Gasteiger partial charge in [-0.3, -0.25) is 4.79 Å². The Bertz CT molecular complexity index is 1070. The van der Waals surface area contributed by atoms with E-state index in [9.17, 15) is 4.79 Å². The number of halogens is 1. The maximum Gasteiger partial charge on any atom is 0.279 e. The quantitative estimate of drug-likeness (QED) is 0.653. The van der Waals surface area contributed by atoms with Gasteiger partial charge in [-0.15, -0.1) is 6.58 Å². The molecule has 7 heteroatoms. The molecule has 0 bridgehead atoms. The highest BCUT2D eigenvalue weighted by molar-refractivity contribution is 7.16. The van der Waals surface area contributed by atoms with Gasteiger partial charge in [0.05, 0.1) is 10.2 Å². The normalized spacial score (nSPS) is 13.4. The Morgan fingerprint density at radius 2 is 2.12 bits per heavy atom. The van der Waals surface area contributed by atoms with E-state index in [4.69, 9.17) is 21.1 Å². The standard InChI is InChI=1S/C18H13ClN2O3S/c1-2-7-21-13-5-4-12(19)9-16(13)25-18(21)20-17(22)11-3-6-14-15(8-11)24-10-23-14/h2-6,8-9H,1,7,10H2. The van der Waals surface area contributed by atoms with E-state index in [0.29, 0.717) is 33.4 Å². The van der Waals surface area contributed by atoms with Gasteiger partial charge in [-0.2, -0.15) is 4.99 Å². The fourth-order valence-corrected chi connectivity index (χ4v) is 3.93. The molecule has 1 aliphatic heterocycles. The number of ether oxygens (including phenoxy) is 2. The van der Waals surface area contributed by atoms with Crippen LogP contribution in [0.2, 0.25) is 5.02 Å². The van der Waals surface area contributed by atoms with Crippen molar-refractivity contribution in [2.45, 2.75) is 6.54 Å². The summed E-state index contributed by atoms with van der Waals surface area (Å²) < 4.78 is 13.5. The fraction of sp³-hybridized carbons (Fsp3) is 0.111. The van der Waals surface area contributed by atoms with Crippen molar-refractivity contribution in [1.29, 1.82) is 0 Å². The van der Waals surface area contributed by atoms with Crippen molar-refractivity contribution in [1.82, 2.24) is 4.57 Å². The molecule has 25 heavy (non-hydrogen) atoms. The van der Waals surface area contributed by atoms with Crippen molar-refractivity contribution < 1.29 is 14.3 Å². The first-order valence-electron chi connectivity index (χ1n) is 7.54. The Morgan fingerprint density at radius 1 is 1.28 bits per heavy atom. The van der Waals surface area contributed by atoms with Crippen molar-refractivity contribution in [3.8, 4) is 11.5 Å². The third-order valence-corrected chi connectivity index (χ3v) is 5.05. The molecule has 1 amide bonds. The molecule has 0 spiro atoms. The minimum Gasteiger partial charge on any atom is -0.454 e. The lowest BCUT2D eigenvalue weighted by Gasteiger charge is -2.01. The number of hydrogen-bond donors (Lipinski definition) is 0. The van der Waals surface area contributed by atoms with Crippen LogP contribution in [0.1, 0.15) is 10.4 Å². The van der Waals surface area contributed by atoms with Gasteiger partial charge < -0.3 is 14.0 Å². The molecule has 1 aliphatic rings. The number of allylic oxidation sites excluding steroid dienone is 1. The summed E-state index contributed by atoms with van der Waals surface area (Å²) in [7, 11) is 0. The van der Waals surface area contributed by atoms with Gasteiger partial charge >= 0.3 is 0 Å². The third-order valence-electron chi connectivity index (χ3n) is 3.77. The highest BCUT2D eigenvalue weighted by Crippen LogP contribution is 2.32. The molecule has 0 unspecified atom stereocenters. The van der Waals surface area contributed by atoms with Crippen LogP contribution >= 0.6 is 22.9 Å². The Kier molecular flexibility index (Phi) is 4.07. The molecule has 126 valence electrons. The van der Waals surface area contributed by atoms with Crippen molar-refractivity contribution in [2.75, 3.05) is 6.79 Å². The number of benzene rings is 2. The monoisotopic (exact) mass is 372 g/mol. The minimum absolute atomic E-state index is 0.167. The second-order valence-corrected chi connectivity index (χ2v) is 6.83. The smallest absolute Gasteiger partial charge is 0.279 e. The molecule has 0 fully saturated rings. The number of fused-ring (bicyclic) bond motifs is 2. The highest BCUT2D eigenvalue weighted by Gasteiger charge is 2.16. The summed E-state index contributed by atoms with van der Waals surface area (Å²) in [6.45, 7) is 4.50. The zero-order chi connectivity index (χ0) is 17.4. The largest absolute Gasteiger partial charge is 0.454 e. The zero-order valence-corrected chi connectivity index (χ0v) is 14.6. The molecule has 3 aromatic rings. The number of rotatable bonds is 3. The summed E-state index contributed by atoms with van der Waals surface area (Å²) in [5.41, 5.74) is 1.41. The topological polar surface area (TPSA) is 52.8 Å². The first-order valence-corrected chi connectivity index (χ1v) is 8.73. The summed E-state index contributed by atoms with van der Waals surface area (Å²) in [6, 6.07) is 10.7. The van der Waals surface area contributed by atoms with Gasteiger partial charge in [-0.25, -0.2) is 0 Å². The molecule has 4 rings (SSSR count). The van der Waals surface area contributed by atoms with E-state index < -0.39 is 0 Å². The van der Waals surface area contributed by atoms with Gasteiger partial charge in [0.1, 0.15) is 0 Å². The predicted molar refractivity (Wildman–Crippen MR) is 97.5 cm³/mol. The average Bonchev–Trinajstić information content (AvgIpc) is 3.19. The van der Waals surface area contributed by atoms with Crippen molar-refractivity contribution in [2.24, 2.45) is 4.99 Å². The molecule has 0 N–H and O–H groups in total. The molecular weight excluding hydrogens is 360 g/mol. The molecule has 0 atom stereocenters. The van der Waals surface area contributed by atoms with E-state index in [1.54, 1.807) is 24.3 Å². The van der Waals surface area contributed by atoms with E-state index >= 15 is 0 Å². The van der Waals surface area contributed by atoms with Gasteiger partial charge in [-0.1, -0.05) is 29.0 Å². The molecule has 0 saturated carbocycles. The Morgan fingerprint density at radius 3 is 2.96 bits per heavy atom. The summed E-state index contributed by atoms with van der Waals surface area (Å²) in [5.74, 6) is 0.853. The number of thiazole rings is 1. The van der Waals surface area contributed by atoms with E-state index in [-0.39, 0.29) is 12.7 Å². The number of amides is 1. The van der Waals surface area contributed by atoms with Crippen LogP contribution in [-0.4, -0.2) is 17.3 Å². The van der Waals surface area contributed by atoms with E-state index in [2.05, 4.69) is 11.6 Å². The van der Waals surface area contributed by atoms with Crippen molar-refractivity contribution >= 4 is 39.1 Å². The lowest BCUT2D eigenvalue weighted by atomic mass is 10.2. The number of hydrogen-bond acceptors (Lipinski definition) is 4. The summed E-state index contributed by atoms with van der Waals surface area (Å²) in [6.07, 6.45) is 1.77. The number of carbonyl (C=O) groups is 1. The summed E-state index contributed by atoms with van der Waals surface area (Å²) in [4.78, 5) is 17.5. The lowest BCUT2D eigenvalue weighted by Crippen LogP contribution is -2.16. The van der Waals surface area contributed by atoms with E-state index in [0.717, 1.165) is 10.2 Å². The Balaban J connectivity index is 1.81. The van der Waals surface area contributed by atoms with Crippen LogP contribution in [0.15, 0.2) is 54.0 Å². The van der Waals surface area contributed by atoms with Gasteiger partial charge in [0.25, 0.3) is 5.91 Å². The van der Waals surface area contributed by atoms with Crippen LogP contribution in [0, 0.1) is 0 Å². The second-order valence-electron chi connectivity index (χ2n) is 5.38. The molecule has 0 radical (unpaired) electrons. The summed E-state index contributed by atoms with van der Waals surface area (Å²) >= 11 is 7.48. The number of nitrogens with zero attached hydrogens (tertiary/aromatic N) is 2. The van der Waals surface area contributed by atoms with Crippen LogP contribution in [0.4, 0.5) is 0 Å². The maximum absolute atomic E-state index is 12.6. The number of aromatic nitrogens is 1. The Hall–Kier alpha value is -2.57. The van der Waals surface area contributed by atoms with Crippen molar-refractivity contribution in [3.05, 3.63) is 64.4 Å². The first-order chi connectivity index (χ1) is 12.2. The minimum atomic E-state index is -0.339. The Labute approximate surface area is 152 Å². The predicted octanol–water partition coefficient (Wildman–Crippen LogP) is 4.01. The van der Waals surface area contributed by atoms with Gasteiger partial charge in [0.15, 0.2) is 16.3 Å².